The second-order valence-corrected chi connectivity index (χ2v) is 5.61. The summed E-state index contributed by atoms with van der Waals surface area (Å²) in [4.78, 5) is 22.5. The second-order valence-electron chi connectivity index (χ2n) is 4.54. The van der Waals surface area contributed by atoms with Crippen LogP contribution < -0.4 is 10.6 Å². The van der Waals surface area contributed by atoms with Crippen molar-refractivity contribution in [2.45, 2.75) is 26.3 Å². The lowest BCUT2D eigenvalue weighted by molar-refractivity contribution is -0.140. The number of ether oxygens (including phenoxy) is 1. The molecule has 0 bridgehead atoms. The van der Waals surface area contributed by atoms with E-state index in [0.29, 0.717) is 11.0 Å². The van der Waals surface area contributed by atoms with Gasteiger partial charge < -0.3 is 15.2 Å². The molecule has 8 nitrogen and oxygen atoms in total. The largest absolute Gasteiger partial charge is 0.480 e. The maximum atomic E-state index is 11.6. The molecule has 1 aromatic rings. The summed E-state index contributed by atoms with van der Waals surface area (Å²) in [6.45, 7) is 4.00. The Labute approximate surface area is 120 Å². The number of rotatable bonds is 7. The van der Waals surface area contributed by atoms with Crippen LogP contribution in [-0.4, -0.2) is 47.1 Å². The number of anilines is 1. The Hall–Kier alpha value is -1.74. The van der Waals surface area contributed by atoms with Gasteiger partial charge in [0.1, 0.15) is 5.01 Å². The number of aromatic nitrogens is 2. The molecule has 3 N–H and O–H groups in total. The van der Waals surface area contributed by atoms with Gasteiger partial charge in [-0.25, -0.2) is 9.59 Å². The zero-order chi connectivity index (χ0) is 15.1. The van der Waals surface area contributed by atoms with Crippen LogP contribution in [0.2, 0.25) is 0 Å². The Kier molecular flexibility index (Phi) is 6.32. The highest BCUT2D eigenvalue weighted by Gasteiger charge is 2.20. The third kappa shape index (κ3) is 5.49. The number of carbonyl (C=O) groups excluding carboxylic acids is 1. The van der Waals surface area contributed by atoms with Crippen molar-refractivity contribution >= 4 is 28.5 Å². The number of amides is 2. The molecule has 0 saturated carbocycles. The van der Waals surface area contributed by atoms with E-state index in [1.54, 1.807) is 0 Å². The average Bonchev–Trinajstić information content (AvgIpc) is 2.74. The molecule has 0 aliphatic rings. The predicted octanol–water partition coefficient (Wildman–Crippen LogP) is 0.958. The topological polar surface area (TPSA) is 113 Å². The lowest BCUT2D eigenvalue weighted by Crippen LogP contribution is -2.45. The lowest BCUT2D eigenvalue weighted by atomic mass is 10.1. The zero-order valence-corrected chi connectivity index (χ0v) is 12.4. The Morgan fingerprint density at radius 3 is 2.65 bits per heavy atom. The number of carboxylic acids is 1. The highest BCUT2D eigenvalue weighted by Crippen LogP contribution is 2.17. The van der Waals surface area contributed by atoms with E-state index in [1.807, 2.05) is 0 Å². The van der Waals surface area contributed by atoms with Gasteiger partial charge in [0, 0.05) is 13.5 Å². The van der Waals surface area contributed by atoms with Gasteiger partial charge in [-0.2, -0.15) is 0 Å². The van der Waals surface area contributed by atoms with Crippen molar-refractivity contribution in [3.63, 3.8) is 0 Å². The van der Waals surface area contributed by atoms with E-state index in [-0.39, 0.29) is 6.61 Å². The lowest BCUT2D eigenvalue weighted by Gasteiger charge is -2.12. The molecule has 1 aromatic heterocycles. The summed E-state index contributed by atoms with van der Waals surface area (Å²) in [5.41, 5.74) is 0. The number of aliphatic carboxylic acids is 1. The number of hydrogen-bond acceptors (Lipinski definition) is 6. The normalized spacial score (nSPS) is 12.2. The van der Waals surface area contributed by atoms with Gasteiger partial charge in [-0.3, -0.25) is 5.32 Å². The Bertz CT molecular complexity index is 463. The number of urea groups is 1. The average molecular weight is 302 g/mol. The zero-order valence-electron chi connectivity index (χ0n) is 11.5. The molecule has 2 amide bonds. The molecule has 112 valence electrons. The van der Waals surface area contributed by atoms with Crippen LogP contribution in [-0.2, 0) is 16.0 Å². The number of nitrogens with zero attached hydrogens (tertiary/aromatic N) is 2. The molecule has 20 heavy (non-hydrogen) atoms. The van der Waals surface area contributed by atoms with E-state index in [9.17, 15) is 9.59 Å². The Balaban J connectivity index is 2.52. The summed E-state index contributed by atoms with van der Waals surface area (Å²) < 4.78 is 4.72. The van der Waals surface area contributed by atoms with Crippen LogP contribution in [0.3, 0.4) is 0 Å². The van der Waals surface area contributed by atoms with Crippen molar-refractivity contribution in [3.8, 4) is 0 Å². The van der Waals surface area contributed by atoms with Gasteiger partial charge in [-0.1, -0.05) is 25.2 Å². The molecule has 0 aromatic carbocycles. The van der Waals surface area contributed by atoms with Crippen molar-refractivity contribution in [2.75, 3.05) is 19.0 Å². The molecule has 0 spiro atoms. The predicted molar refractivity (Wildman–Crippen MR) is 73.9 cm³/mol. The maximum absolute atomic E-state index is 11.6. The Morgan fingerprint density at radius 1 is 1.40 bits per heavy atom. The fourth-order valence-corrected chi connectivity index (χ4v) is 2.32. The summed E-state index contributed by atoms with van der Waals surface area (Å²) in [5.74, 6) is -0.720. The van der Waals surface area contributed by atoms with Crippen LogP contribution in [0.4, 0.5) is 9.93 Å². The van der Waals surface area contributed by atoms with E-state index in [2.05, 4.69) is 34.7 Å². The molecule has 0 fully saturated rings. The van der Waals surface area contributed by atoms with Gasteiger partial charge >= 0.3 is 12.0 Å². The molecule has 1 atom stereocenters. The van der Waals surface area contributed by atoms with Crippen LogP contribution in [0.15, 0.2) is 0 Å². The monoisotopic (exact) mass is 302 g/mol. The first-order valence-electron chi connectivity index (χ1n) is 6.04. The van der Waals surface area contributed by atoms with Gasteiger partial charge in [0.25, 0.3) is 0 Å². The minimum absolute atomic E-state index is 0.114. The number of carbonyl (C=O) groups is 2. The van der Waals surface area contributed by atoms with Crippen molar-refractivity contribution in [3.05, 3.63) is 5.01 Å². The number of methoxy groups -OCH3 is 1. The molecule has 9 heteroatoms. The van der Waals surface area contributed by atoms with Gasteiger partial charge in [-0.15, -0.1) is 10.2 Å². The molecule has 0 aliphatic carbocycles. The van der Waals surface area contributed by atoms with Gasteiger partial charge in [0.05, 0.1) is 6.61 Å². The minimum Gasteiger partial charge on any atom is -0.480 e. The molecule has 1 heterocycles. The van der Waals surface area contributed by atoms with Crippen molar-refractivity contribution in [1.29, 1.82) is 0 Å². The minimum atomic E-state index is -1.17. The van der Waals surface area contributed by atoms with E-state index in [0.717, 1.165) is 11.4 Å². The first-order chi connectivity index (χ1) is 9.42. The van der Waals surface area contributed by atoms with Gasteiger partial charge in [0.15, 0.2) is 6.04 Å². The highest BCUT2D eigenvalue weighted by atomic mass is 32.1. The summed E-state index contributed by atoms with van der Waals surface area (Å²) in [6.07, 6.45) is 0.780. The molecular weight excluding hydrogens is 284 g/mol. The first-order valence-corrected chi connectivity index (χ1v) is 6.85. The second kappa shape index (κ2) is 7.75. The number of nitrogens with one attached hydrogen (secondary N) is 2. The summed E-state index contributed by atoms with van der Waals surface area (Å²) in [7, 11) is 1.36. The molecular formula is C11H18N4O4S. The number of hydrogen-bond donors (Lipinski definition) is 3. The summed E-state index contributed by atoms with van der Waals surface area (Å²) in [5, 5.41) is 22.5. The SMILES string of the molecule is COCC(NC(=O)Nc1nnc(CC(C)C)s1)C(=O)O. The van der Waals surface area contributed by atoms with Crippen LogP contribution in [0.25, 0.3) is 0 Å². The smallest absolute Gasteiger partial charge is 0.328 e. The molecule has 0 saturated heterocycles. The van der Waals surface area contributed by atoms with Crippen LogP contribution >= 0.6 is 11.3 Å². The van der Waals surface area contributed by atoms with E-state index >= 15 is 0 Å². The fourth-order valence-electron chi connectivity index (χ4n) is 1.37. The Morgan fingerprint density at radius 2 is 2.10 bits per heavy atom. The number of carboxylic acid groups (broad SMARTS) is 1. The highest BCUT2D eigenvalue weighted by molar-refractivity contribution is 7.15. The first kappa shape index (κ1) is 16.3. The third-order valence-corrected chi connectivity index (χ3v) is 3.07. The quantitative estimate of drug-likeness (QED) is 0.691. The fraction of sp³-hybridized carbons (Fsp3) is 0.636. The van der Waals surface area contributed by atoms with Crippen LogP contribution in [0.5, 0.6) is 0 Å². The van der Waals surface area contributed by atoms with Crippen LogP contribution in [0, 0.1) is 5.92 Å². The molecule has 1 unspecified atom stereocenters. The molecule has 1 rings (SSSR count). The maximum Gasteiger partial charge on any atom is 0.328 e. The standard InChI is InChI=1S/C11H18N4O4S/c1-6(2)4-8-14-15-11(20-8)13-10(18)12-7(5-19-3)9(16)17/h6-7H,4-5H2,1-3H3,(H,16,17)(H2,12,13,15,18). The van der Waals surface area contributed by atoms with Crippen LogP contribution in [0.1, 0.15) is 18.9 Å². The van der Waals surface area contributed by atoms with E-state index < -0.39 is 18.0 Å². The third-order valence-electron chi connectivity index (χ3n) is 2.21. The van der Waals surface area contributed by atoms with Gasteiger partial charge in [0.2, 0.25) is 5.13 Å². The molecule has 0 radical (unpaired) electrons. The van der Waals surface area contributed by atoms with Gasteiger partial charge in [-0.05, 0) is 5.92 Å². The van der Waals surface area contributed by atoms with Crippen molar-refractivity contribution in [1.82, 2.24) is 15.5 Å². The summed E-state index contributed by atoms with van der Waals surface area (Å²) in [6, 6.07) is -1.76. The van der Waals surface area contributed by atoms with Crippen molar-refractivity contribution in [2.24, 2.45) is 5.92 Å². The molecule has 0 aliphatic heterocycles. The van der Waals surface area contributed by atoms with E-state index in [4.69, 9.17) is 9.84 Å². The van der Waals surface area contributed by atoms with E-state index in [1.165, 1.54) is 18.4 Å². The van der Waals surface area contributed by atoms with Crippen molar-refractivity contribution < 1.29 is 19.4 Å². The summed E-state index contributed by atoms with van der Waals surface area (Å²) >= 11 is 1.27.